The highest BCUT2D eigenvalue weighted by Crippen LogP contribution is 2.52. The molecule has 4 rings (SSSR count). The van der Waals surface area contributed by atoms with Crippen molar-refractivity contribution in [1.82, 2.24) is 14.7 Å². The number of rotatable bonds is 5. The van der Waals surface area contributed by atoms with Gasteiger partial charge in [-0.2, -0.15) is 0 Å². The van der Waals surface area contributed by atoms with Crippen LogP contribution in [0.5, 0.6) is 0 Å². The van der Waals surface area contributed by atoms with Crippen molar-refractivity contribution in [2.75, 3.05) is 59.5 Å². The lowest BCUT2D eigenvalue weighted by Gasteiger charge is -2.29. The third kappa shape index (κ3) is 2.86. The molecule has 3 fully saturated rings. The predicted molar refractivity (Wildman–Crippen MR) is 95.5 cm³/mol. The minimum Gasteiger partial charge on any atom is -0.380 e. The second kappa shape index (κ2) is 6.94. The fourth-order valence-corrected chi connectivity index (χ4v) is 4.85. The molecular formula is C19H29N3O4. The molecule has 0 aliphatic carbocycles. The van der Waals surface area contributed by atoms with Crippen molar-refractivity contribution in [2.45, 2.75) is 25.0 Å². The summed E-state index contributed by atoms with van der Waals surface area (Å²) in [5.74, 6) is -0.635. The molecule has 0 aromatic heterocycles. The first-order valence-electron chi connectivity index (χ1n) is 9.77. The van der Waals surface area contributed by atoms with Gasteiger partial charge in [-0.3, -0.25) is 9.59 Å². The third-order valence-electron chi connectivity index (χ3n) is 6.20. The number of carbonyl (C=O) groups is 2. The molecule has 4 aliphatic heterocycles. The fraction of sp³-hybridized carbons (Fsp3) is 0.789. The van der Waals surface area contributed by atoms with Crippen molar-refractivity contribution in [3.63, 3.8) is 0 Å². The van der Waals surface area contributed by atoms with Crippen LogP contribution in [0.2, 0.25) is 0 Å². The molecule has 0 unspecified atom stereocenters. The number of fused-ring (bicyclic) bond motifs is 1. The van der Waals surface area contributed by atoms with Crippen molar-refractivity contribution in [2.24, 2.45) is 11.8 Å². The van der Waals surface area contributed by atoms with E-state index in [0.29, 0.717) is 26.3 Å². The van der Waals surface area contributed by atoms with Gasteiger partial charge in [-0.05, 0) is 26.9 Å². The number of nitrogens with zero attached hydrogens (tertiary/aromatic N) is 3. The van der Waals surface area contributed by atoms with Gasteiger partial charge in [-0.15, -0.1) is 0 Å². The van der Waals surface area contributed by atoms with Crippen LogP contribution in [0.3, 0.4) is 0 Å². The first-order chi connectivity index (χ1) is 12.6. The van der Waals surface area contributed by atoms with Gasteiger partial charge in [-0.1, -0.05) is 12.2 Å². The Morgan fingerprint density at radius 3 is 3.00 bits per heavy atom. The van der Waals surface area contributed by atoms with E-state index >= 15 is 0 Å². The fourth-order valence-electron chi connectivity index (χ4n) is 4.85. The van der Waals surface area contributed by atoms with Crippen LogP contribution in [0.4, 0.5) is 0 Å². The highest BCUT2D eigenvalue weighted by molar-refractivity contribution is 5.93. The highest BCUT2D eigenvalue weighted by atomic mass is 16.5. The van der Waals surface area contributed by atoms with E-state index in [0.717, 1.165) is 32.6 Å². The summed E-state index contributed by atoms with van der Waals surface area (Å²) in [5, 5.41) is 0. The van der Waals surface area contributed by atoms with Crippen LogP contribution in [0.25, 0.3) is 0 Å². The van der Waals surface area contributed by atoms with Gasteiger partial charge in [0.2, 0.25) is 11.8 Å². The van der Waals surface area contributed by atoms with Crippen LogP contribution >= 0.6 is 0 Å². The van der Waals surface area contributed by atoms with Crippen molar-refractivity contribution >= 4 is 11.8 Å². The molecule has 144 valence electrons. The van der Waals surface area contributed by atoms with E-state index in [1.165, 1.54) is 0 Å². The number of likely N-dealkylation sites (N-methyl/N-ethyl adjacent to an activating group) is 1. The molecule has 2 amide bonds. The lowest BCUT2D eigenvalue weighted by atomic mass is 9.76. The molecule has 0 aromatic rings. The lowest BCUT2D eigenvalue weighted by Crippen LogP contribution is -2.47. The van der Waals surface area contributed by atoms with E-state index in [2.05, 4.69) is 11.9 Å². The van der Waals surface area contributed by atoms with Crippen molar-refractivity contribution in [1.29, 1.82) is 0 Å². The molecule has 3 saturated heterocycles. The minimum absolute atomic E-state index is 0.0434. The molecule has 0 saturated carbocycles. The first-order valence-corrected chi connectivity index (χ1v) is 9.77. The Hall–Kier alpha value is -1.44. The lowest BCUT2D eigenvalue weighted by molar-refractivity contribution is -0.143. The summed E-state index contributed by atoms with van der Waals surface area (Å²) in [5.41, 5.74) is -0.614. The van der Waals surface area contributed by atoms with Crippen molar-refractivity contribution < 1.29 is 19.1 Å². The number of ether oxygens (including phenoxy) is 2. The molecule has 4 heterocycles. The number of carbonyl (C=O) groups excluding carboxylic acids is 2. The number of hydrogen-bond acceptors (Lipinski definition) is 5. The summed E-state index contributed by atoms with van der Waals surface area (Å²) in [7, 11) is 2.09. The quantitative estimate of drug-likeness (QED) is 0.507. The van der Waals surface area contributed by atoms with E-state index < -0.39 is 5.60 Å². The predicted octanol–water partition coefficient (Wildman–Crippen LogP) is -0.0310. The summed E-state index contributed by atoms with van der Waals surface area (Å²) in [6.07, 6.45) is 4.72. The molecular weight excluding hydrogens is 334 g/mol. The van der Waals surface area contributed by atoms with Gasteiger partial charge in [0.05, 0.1) is 31.1 Å². The van der Waals surface area contributed by atoms with Gasteiger partial charge in [-0.25, -0.2) is 0 Å². The molecule has 4 aliphatic rings. The summed E-state index contributed by atoms with van der Waals surface area (Å²) in [6, 6.07) is 0. The Morgan fingerprint density at radius 1 is 1.35 bits per heavy atom. The molecule has 7 nitrogen and oxygen atoms in total. The zero-order valence-corrected chi connectivity index (χ0v) is 15.7. The first kappa shape index (κ1) is 17.9. The zero-order chi connectivity index (χ0) is 18.3. The van der Waals surface area contributed by atoms with E-state index in [1.807, 2.05) is 28.9 Å². The van der Waals surface area contributed by atoms with Gasteiger partial charge in [0.15, 0.2) is 0 Å². The monoisotopic (exact) mass is 363 g/mol. The largest absolute Gasteiger partial charge is 0.380 e. The smallest absolute Gasteiger partial charge is 0.230 e. The van der Waals surface area contributed by atoms with Crippen LogP contribution < -0.4 is 0 Å². The van der Waals surface area contributed by atoms with E-state index in [1.54, 1.807) is 0 Å². The van der Waals surface area contributed by atoms with Crippen LogP contribution in [0.15, 0.2) is 12.2 Å². The van der Waals surface area contributed by atoms with Crippen LogP contribution in [0, 0.1) is 11.8 Å². The maximum absolute atomic E-state index is 13.3. The van der Waals surface area contributed by atoms with Crippen LogP contribution in [0.1, 0.15) is 13.3 Å². The summed E-state index contributed by atoms with van der Waals surface area (Å²) in [6.45, 7) is 7.57. The summed E-state index contributed by atoms with van der Waals surface area (Å²) < 4.78 is 11.6. The standard InChI is InChI=1S/C19H29N3O4/c1-3-25-12-11-22-13-19-6-5-14(26-19)15(16(19)18(22)24)17(23)21-8-4-7-20(2)9-10-21/h5-6,14-16H,3-4,7-13H2,1-2H3/t14-,15-,16-,19-/m0/s1. The number of amides is 2. The molecule has 1 spiro atoms. The molecule has 4 atom stereocenters. The summed E-state index contributed by atoms with van der Waals surface area (Å²) in [4.78, 5) is 32.4. The zero-order valence-electron chi connectivity index (χ0n) is 15.7. The minimum atomic E-state index is -0.614. The molecule has 0 N–H and O–H groups in total. The number of hydrogen-bond donors (Lipinski definition) is 0. The SMILES string of the molecule is CCOCCN1C[C@]23C=C[C@H](O2)[C@H](C(=O)N2CCCN(C)CC2)[C@H]3C1=O. The molecule has 7 heteroatoms. The van der Waals surface area contributed by atoms with E-state index in [-0.39, 0.29) is 29.8 Å². The molecule has 0 aromatic carbocycles. The highest BCUT2D eigenvalue weighted by Gasteiger charge is 2.67. The van der Waals surface area contributed by atoms with Gasteiger partial charge >= 0.3 is 0 Å². The second-order valence-corrected chi connectivity index (χ2v) is 7.84. The molecule has 2 bridgehead atoms. The number of likely N-dealkylation sites (tertiary alicyclic amines) is 1. The Labute approximate surface area is 154 Å². The van der Waals surface area contributed by atoms with Crippen molar-refractivity contribution in [3.05, 3.63) is 12.2 Å². The normalized spacial score (nSPS) is 36.7. The summed E-state index contributed by atoms with van der Waals surface area (Å²) >= 11 is 0. The topological polar surface area (TPSA) is 62.3 Å². The van der Waals surface area contributed by atoms with Gasteiger partial charge in [0, 0.05) is 32.8 Å². The average Bonchev–Trinajstić information content (AvgIpc) is 3.19. The van der Waals surface area contributed by atoms with E-state index in [4.69, 9.17) is 9.47 Å². The van der Waals surface area contributed by atoms with Crippen molar-refractivity contribution in [3.8, 4) is 0 Å². The Morgan fingerprint density at radius 2 is 2.19 bits per heavy atom. The average molecular weight is 363 g/mol. The Kier molecular flexibility index (Phi) is 4.79. The Balaban J connectivity index is 1.50. The van der Waals surface area contributed by atoms with Gasteiger partial charge in [0.1, 0.15) is 5.60 Å². The third-order valence-corrected chi connectivity index (χ3v) is 6.20. The second-order valence-electron chi connectivity index (χ2n) is 7.84. The van der Waals surface area contributed by atoms with Crippen LogP contribution in [-0.4, -0.2) is 97.7 Å². The van der Waals surface area contributed by atoms with E-state index in [9.17, 15) is 9.59 Å². The molecule has 26 heavy (non-hydrogen) atoms. The van der Waals surface area contributed by atoms with Gasteiger partial charge in [0.25, 0.3) is 0 Å². The maximum atomic E-state index is 13.3. The van der Waals surface area contributed by atoms with Gasteiger partial charge < -0.3 is 24.2 Å². The molecule has 0 radical (unpaired) electrons. The maximum Gasteiger partial charge on any atom is 0.230 e. The Bertz CT molecular complexity index is 610. The van der Waals surface area contributed by atoms with Crippen LogP contribution in [-0.2, 0) is 19.1 Å².